The van der Waals surface area contributed by atoms with E-state index in [2.05, 4.69) is 4.98 Å². The van der Waals surface area contributed by atoms with E-state index in [1.165, 1.54) is 0 Å². The highest BCUT2D eigenvalue weighted by Gasteiger charge is 2.35. The maximum Gasteiger partial charge on any atom is 0.226 e. The van der Waals surface area contributed by atoms with Crippen LogP contribution in [0.5, 0.6) is 0 Å². The average Bonchev–Trinajstić information content (AvgIpc) is 3.06. The van der Waals surface area contributed by atoms with Crippen molar-refractivity contribution in [2.24, 2.45) is 11.7 Å². The van der Waals surface area contributed by atoms with Crippen LogP contribution in [0.25, 0.3) is 11.5 Å². The first-order valence-corrected chi connectivity index (χ1v) is 9.08. The van der Waals surface area contributed by atoms with E-state index < -0.39 is 17.7 Å². The Balaban J connectivity index is 0.00000225. The third-order valence-electron chi connectivity index (χ3n) is 5.36. The normalized spacial score (nSPS) is 24.4. The number of aliphatic hydroxyl groups is 1. The number of carbonyl (C=O) groups excluding carboxylic acids is 1. The number of carbonyl (C=O) groups is 1. The number of hydrogen-bond donors (Lipinski definition) is 2. The first kappa shape index (κ1) is 20.7. The molecular formula is C19H22ClF2N3O3. The monoisotopic (exact) mass is 413 g/mol. The molecule has 3 atom stereocenters. The van der Waals surface area contributed by atoms with Gasteiger partial charge in [-0.15, -0.1) is 12.4 Å². The van der Waals surface area contributed by atoms with Crippen LogP contribution in [-0.4, -0.2) is 39.6 Å². The molecule has 2 aliphatic rings. The van der Waals surface area contributed by atoms with Gasteiger partial charge in [-0.25, -0.2) is 13.8 Å². The number of aliphatic hydroxyl groups excluding tert-OH is 1. The van der Waals surface area contributed by atoms with Crippen molar-refractivity contribution in [3.63, 3.8) is 0 Å². The molecule has 1 saturated carbocycles. The van der Waals surface area contributed by atoms with Crippen LogP contribution in [0.3, 0.4) is 0 Å². The molecule has 0 saturated heterocycles. The number of benzene rings is 1. The Morgan fingerprint density at radius 3 is 2.64 bits per heavy atom. The third kappa shape index (κ3) is 4.04. The molecular weight excluding hydrogens is 392 g/mol. The van der Waals surface area contributed by atoms with Gasteiger partial charge in [0.2, 0.25) is 11.8 Å². The molecule has 1 aliphatic heterocycles. The van der Waals surface area contributed by atoms with Crippen molar-refractivity contribution >= 4 is 18.3 Å². The highest BCUT2D eigenvalue weighted by molar-refractivity contribution is 5.85. The summed E-state index contributed by atoms with van der Waals surface area (Å²) in [5.74, 6) is -0.814. The summed E-state index contributed by atoms with van der Waals surface area (Å²) in [5, 5.41) is 9.74. The first-order chi connectivity index (χ1) is 12.9. The predicted molar refractivity (Wildman–Crippen MR) is 99.5 cm³/mol. The molecule has 3 N–H and O–H groups in total. The summed E-state index contributed by atoms with van der Waals surface area (Å²) in [4.78, 5) is 18.9. The smallest absolute Gasteiger partial charge is 0.226 e. The summed E-state index contributed by atoms with van der Waals surface area (Å²) >= 11 is 0. The van der Waals surface area contributed by atoms with Crippen LogP contribution in [0, 0.1) is 17.6 Å². The number of fused-ring (bicyclic) bond motifs is 1. The topological polar surface area (TPSA) is 92.6 Å². The zero-order valence-electron chi connectivity index (χ0n) is 15.1. The van der Waals surface area contributed by atoms with Gasteiger partial charge in [-0.2, -0.15) is 0 Å². The van der Waals surface area contributed by atoms with Crippen LogP contribution < -0.4 is 5.73 Å². The molecule has 152 valence electrons. The van der Waals surface area contributed by atoms with E-state index in [1.54, 1.807) is 4.90 Å². The predicted octanol–water partition coefficient (Wildman–Crippen LogP) is 2.41. The summed E-state index contributed by atoms with van der Waals surface area (Å²) in [7, 11) is 0. The van der Waals surface area contributed by atoms with Gasteiger partial charge in [0.05, 0.1) is 12.6 Å². The van der Waals surface area contributed by atoms with Crippen molar-refractivity contribution in [3.05, 3.63) is 41.3 Å². The van der Waals surface area contributed by atoms with Gasteiger partial charge in [-0.1, -0.05) is 0 Å². The number of amides is 1. The van der Waals surface area contributed by atoms with E-state index in [1.807, 2.05) is 0 Å². The van der Waals surface area contributed by atoms with E-state index >= 15 is 0 Å². The van der Waals surface area contributed by atoms with E-state index in [4.69, 9.17) is 10.2 Å². The molecule has 1 aromatic carbocycles. The van der Waals surface area contributed by atoms with Crippen LogP contribution >= 0.6 is 12.4 Å². The highest BCUT2D eigenvalue weighted by Crippen LogP contribution is 2.30. The number of nitrogens with two attached hydrogens (primary N) is 1. The Kier molecular flexibility index (Phi) is 6.02. The lowest BCUT2D eigenvalue weighted by Gasteiger charge is -2.34. The molecule has 6 nitrogen and oxygen atoms in total. The SMILES string of the molecule is Cl.N[C@@H]1C[C@@H](C(=O)N2CCc3oc(-c4cc(F)cc(F)c4)nc3C2)CC[C@H]1O. The van der Waals surface area contributed by atoms with Gasteiger partial charge in [0.1, 0.15) is 23.1 Å². The summed E-state index contributed by atoms with van der Waals surface area (Å²) in [5.41, 5.74) is 6.73. The molecule has 0 radical (unpaired) electrons. The second kappa shape index (κ2) is 8.14. The van der Waals surface area contributed by atoms with Crippen LogP contribution in [-0.2, 0) is 17.8 Å². The van der Waals surface area contributed by atoms with Crippen molar-refractivity contribution < 1.29 is 23.1 Å². The fourth-order valence-corrected chi connectivity index (χ4v) is 3.86. The van der Waals surface area contributed by atoms with Crippen molar-refractivity contribution in [1.82, 2.24) is 9.88 Å². The van der Waals surface area contributed by atoms with Gasteiger partial charge in [0, 0.05) is 36.6 Å². The Morgan fingerprint density at radius 2 is 1.96 bits per heavy atom. The molecule has 0 spiro atoms. The van der Waals surface area contributed by atoms with Crippen LogP contribution in [0.4, 0.5) is 8.78 Å². The second-order valence-electron chi connectivity index (χ2n) is 7.30. The molecule has 2 heterocycles. The molecule has 0 unspecified atom stereocenters. The Hall–Kier alpha value is -2.03. The van der Waals surface area contributed by atoms with Crippen LogP contribution in [0.1, 0.15) is 30.7 Å². The molecule has 1 aromatic heterocycles. The summed E-state index contributed by atoms with van der Waals surface area (Å²) in [6, 6.07) is 2.74. The van der Waals surface area contributed by atoms with E-state index in [9.17, 15) is 18.7 Å². The summed E-state index contributed by atoms with van der Waals surface area (Å²) in [6.45, 7) is 0.788. The number of rotatable bonds is 2. The molecule has 1 aliphatic carbocycles. The lowest BCUT2D eigenvalue weighted by molar-refractivity contribution is -0.138. The van der Waals surface area contributed by atoms with Gasteiger partial charge in [0.25, 0.3) is 0 Å². The maximum atomic E-state index is 13.4. The molecule has 1 fully saturated rings. The Labute approximate surface area is 167 Å². The summed E-state index contributed by atoms with van der Waals surface area (Å²) in [6.07, 6.45) is 1.55. The minimum absolute atomic E-state index is 0. The number of halogens is 3. The van der Waals surface area contributed by atoms with Crippen LogP contribution in [0.15, 0.2) is 22.6 Å². The van der Waals surface area contributed by atoms with Crippen molar-refractivity contribution in [2.75, 3.05) is 6.54 Å². The zero-order valence-corrected chi connectivity index (χ0v) is 15.9. The number of oxazole rings is 1. The zero-order chi connectivity index (χ0) is 19.1. The quantitative estimate of drug-likeness (QED) is 0.788. The highest BCUT2D eigenvalue weighted by atomic mass is 35.5. The lowest BCUT2D eigenvalue weighted by Crippen LogP contribution is -2.47. The number of aromatic nitrogens is 1. The minimum atomic E-state index is -0.700. The molecule has 28 heavy (non-hydrogen) atoms. The largest absolute Gasteiger partial charge is 0.441 e. The fraction of sp³-hybridized carbons (Fsp3) is 0.474. The first-order valence-electron chi connectivity index (χ1n) is 9.08. The van der Waals surface area contributed by atoms with Crippen molar-refractivity contribution in [3.8, 4) is 11.5 Å². The van der Waals surface area contributed by atoms with Gasteiger partial charge in [-0.05, 0) is 31.4 Å². The van der Waals surface area contributed by atoms with Gasteiger partial charge < -0.3 is 20.2 Å². The molecule has 2 aromatic rings. The Morgan fingerprint density at radius 1 is 1.25 bits per heavy atom. The van der Waals surface area contributed by atoms with Gasteiger partial charge in [-0.3, -0.25) is 4.79 Å². The van der Waals surface area contributed by atoms with Crippen LogP contribution in [0.2, 0.25) is 0 Å². The molecule has 1 amide bonds. The molecule has 4 rings (SSSR count). The molecule has 9 heteroatoms. The Bertz CT molecular complexity index is 856. The molecule has 0 bridgehead atoms. The standard InChI is InChI=1S/C19H21F2N3O3.ClH/c20-12-5-11(6-13(21)8-12)18-23-15-9-24(4-3-17(15)27-18)19(26)10-1-2-16(25)14(22)7-10;/h5-6,8,10,14,16,25H,1-4,7,9,22H2;1H/t10-,14+,16+;/m0./s1. The van der Waals surface area contributed by atoms with Gasteiger partial charge in [0.15, 0.2) is 0 Å². The van der Waals surface area contributed by atoms with Crippen molar-refractivity contribution in [1.29, 1.82) is 0 Å². The van der Waals surface area contributed by atoms with Gasteiger partial charge >= 0.3 is 0 Å². The fourth-order valence-electron chi connectivity index (χ4n) is 3.86. The lowest BCUT2D eigenvalue weighted by atomic mass is 9.83. The number of hydrogen-bond acceptors (Lipinski definition) is 5. The minimum Gasteiger partial charge on any atom is -0.441 e. The third-order valence-corrected chi connectivity index (χ3v) is 5.36. The second-order valence-corrected chi connectivity index (χ2v) is 7.30. The van der Waals surface area contributed by atoms with E-state index in [-0.39, 0.29) is 41.7 Å². The van der Waals surface area contributed by atoms with E-state index in [0.29, 0.717) is 50.2 Å². The van der Waals surface area contributed by atoms with Crippen molar-refractivity contribution in [2.45, 2.75) is 44.4 Å². The number of nitrogens with zero attached hydrogens (tertiary/aromatic N) is 2. The van der Waals surface area contributed by atoms with E-state index in [0.717, 1.165) is 18.2 Å². The average molecular weight is 414 g/mol. The maximum absolute atomic E-state index is 13.4. The summed E-state index contributed by atoms with van der Waals surface area (Å²) < 4.78 is 32.6.